The molecule has 1 aliphatic heterocycles. The van der Waals surface area contributed by atoms with Crippen molar-refractivity contribution in [2.24, 2.45) is 0 Å². The van der Waals surface area contributed by atoms with Crippen LogP contribution >= 0.6 is 0 Å². The number of hydrogen-bond acceptors (Lipinski definition) is 6. The minimum Gasteiger partial charge on any atom is -0.356 e. The van der Waals surface area contributed by atoms with E-state index >= 15 is 0 Å². The molecule has 6 heteroatoms. The topological polar surface area (TPSA) is 75.8 Å². The lowest BCUT2D eigenvalue weighted by molar-refractivity contribution is 0.0289. The molecule has 1 aromatic rings. The fourth-order valence-electron chi connectivity index (χ4n) is 1.58. The van der Waals surface area contributed by atoms with E-state index in [0.717, 1.165) is 17.9 Å². The standard InChI is InChI=1S/C10H14N2O4/c1-2-8(13)7-6-10(16-11-7)12(14)9-4-3-5-15-9/h6,9,14H,2-5H2,1H3. The summed E-state index contributed by atoms with van der Waals surface area (Å²) in [5.74, 6) is 0.0273. The summed E-state index contributed by atoms with van der Waals surface area (Å²) in [5.41, 5.74) is 0.231. The smallest absolute Gasteiger partial charge is 0.253 e. The van der Waals surface area contributed by atoms with Crippen molar-refractivity contribution >= 4 is 11.7 Å². The number of Topliss-reactive ketones (excluding diaryl/α,β-unsaturated/α-hetero) is 1. The lowest BCUT2D eigenvalue weighted by Crippen LogP contribution is -2.30. The molecule has 88 valence electrons. The molecule has 1 fully saturated rings. The number of carbonyl (C=O) groups excluding carboxylic acids is 1. The molecule has 2 heterocycles. The Hall–Kier alpha value is -1.40. The van der Waals surface area contributed by atoms with E-state index in [1.54, 1.807) is 6.92 Å². The first-order chi connectivity index (χ1) is 7.72. The number of hydroxylamine groups is 1. The highest BCUT2D eigenvalue weighted by Crippen LogP contribution is 2.23. The average Bonchev–Trinajstić information content (AvgIpc) is 2.97. The van der Waals surface area contributed by atoms with Gasteiger partial charge in [0, 0.05) is 19.1 Å². The van der Waals surface area contributed by atoms with Crippen molar-refractivity contribution in [2.75, 3.05) is 11.7 Å². The zero-order valence-corrected chi connectivity index (χ0v) is 9.05. The Bertz CT molecular complexity index is 371. The minimum absolute atomic E-state index is 0.115. The van der Waals surface area contributed by atoms with E-state index in [1.807, 2.05) is 0 Å². The monoisotopic (exact) mass is 226 g/mol. The maximum atomic E-state index is 11.3. The van der Waals surface area contributed by atoms with Crippen LogP contribution < -0.4 is 5.06 Å². The molecule has 0 saturated carbocycles. The van der Waals surface area contributed by atoms with Crippen LogP contribution in [0.3, 0.4) is 0 Å². The number of ether oxygens (including phenoxy) is 1. The summed E-state index contributed by atoms with van der Waals surface area (Å²) in [6.07, 6.45) is 1.58. The molecule has 0 aliphatic carbocycles. The van der Waals surface area contributed by atoms with Crippen molar-refractivity contribution in [3.63, 3.8) is 0 Å². The van der Waals surface area contributed by atoms with Gasteiger partial charge in [0.15, 0.2) is 17.7 Å². The first-order valence-electron chi connectivity index (χ1n) is 5.32. The molecule has 1 atom stereocenters. The Morgan fingerprint density at radius 3 is 3.19 bits per heavy atom. The molecule has 0 spiro atoms. The third-order valence-corrected chi connectivity index (χ3v) is 2.51. The molecular weight excluding hydrogens is 212 g/mol. The van der Waals surface area contributed by atoms with Crippen molar-refractivity contribution in [2.45, 2.75) is 32.4 Å². The van der Waals surface area contributed by atoms with Crippen molar-refractivity contribution < 1.29 is 19.3 Å². The van der Waals surface area contributed by atoms with Gasteiger partial charge in [0.2, 0.25) is 0 Å². The fourth-order valence-corrected chi connectivity index (χ4v) is 1.58. The molecular formula is C10H14N2O4. The van der Waals surface area contributed by atoms with E-state index in [-0.39, 0.29) is 17.4 Å². The molecule has 2 rings (SSSR count). The Kier molecular flexibility index (Phi) is 3.21. The van der Waals surface area contributed by atoms with Crippen molar-refractivity contribution in [3.8, 4) is 0 Å². The molecule has 0 bridgehead atoms. The van der Waals surface area contributed by atoms with Crippen LogP contribution in [0.2, 0.25) is 0 Å². The first kappa shape index (κ1) is 11.1. The minimum atomic E-state index is -0.405. The maximum absolute atomic E-state index is 11.3. The van der Waals surface area contributed by atoms with E-state index in [4.69, 9.17) is 9.26 Å². The predicted octanol–water partition coefficient (Wildman–Crippen LogP) is 1.60. The molecule has 0 radical (unpaired) electrons. The van der Waals surface area contributed by atoms with Crippen LogP contribution in [0.1, 0.15) is 36.7 Å². The Morgan fingerprint density at radius 1 is 1.75 bits per heavy atom. The SMILES string of the molecule is CCC(=O)c1cc(N(O)C2CCCO2)on1. The summed E-state index contributed by atoms with van der Waals surface area (Å²) in [5, 5.41) is 14.2. The van der Waals surface area contributed by atoms with Crippen molar-refractivity contribution in [1.29, 1.82) is 0 Å². The number of ketones is 1. The lowest BCUT2D eigenvalue weighted by Gasteiger charge is -2.18. The highest BCUT2D eigenvalue weighted by atomic mass is 16.6. The van der Waals surface area contributed by atoms with Crippen molar-refractivity contribution in [1.82, 2.24) is 5.16 Å². The summed E-state index contributed by atoms with van der Waals surface area (Å²) in [4.78, 5) is 11.3. The molecule has 1 aromatic heterocycles. The van der Waals surface area contributed by atoms with E-state index < -0.39 is 6.23 Å². The van der Waals surface area contributed by atoms with Crippen LogP contribution in [-0.2, 0) is 4.74 Å². The second kappa shape index (κ2) is 4.63. The molecule has 1 saturated heterocycles. The van der Waals surface area contributed by atoms with E-state index in [2.05, 4.69) is 5.16 Å². The predicted molar refractivity (Wildman–Crippen MR) is 54.4 cm³/mol. The van der Waals surface area contributed by atoms with Gasteiger partial charge in [0.1, 0.15) is 0 Å². The van der Waals surface area contributed by atoms with Gasteiger partial charge in [-0.1, -0.05) is 12.1 Å². The largest absolute Gasteiger partial charge is 0.356 e. The van der Waals surface area contributed by atoms with Gasteiger partial charge in [-0.15, -0.1) is 0 Å². The zero-order valence-electron chi connectivity index (χ0n) is 9.05. The number of hydrogen-bond donors (Lipinski definition) is 1. The fraction of sp³-hybridized carbons (Fsp3) is 0.600. The Balaban J connectivity index is 2.08. The van der Waals surface area contributed by atoms with Gasteiger partial charge >= 0.3 is 0 Å². The summed E-state index contributed by atoms with van der Waals surface area (Å²) in [6, 6.07) is 1.42. The summed E-state index contributed by atoms with van der Waals surface area (Å²) < 4.78 is 10.2. The summed E-state index contributed by atoms with van der Waals surface area (Å²) >= 11 is 0. The van der Waals surface area contributed by atoms with Gasteiger partial charge in [-0.05, 0) is 12.8 Å². The van der Waals surface area contributed by atoms with Crippen LogP contribution in [0.15, 0.2) is 10.6 Å². The second-order valence-corrected chi connectivity index (χ2v) is 3.64. The van der Waals surface area contributed by atoms with Gasteiger partial charge < -0.3 is 9.26 Å². The molecule has 6 nitrogen and oxygen atoms in total. The third kappa shape index (κ3) is 2.07. The number of nitrogens with zero attached hydrogens (tertiary/aromatic N) is 2. The van der Waals surface area contributed by atoms with E-state index in [0.29, 0.717) is 13.0 Å². The molecule has 0 aromatic carbocycles. The third-order valence-electron chi connectivity index (χ3n) is 2.51. The number of anilines is 1. The molecule has 1 unspecified atom stereocenters. The average molecular weight is 226 g/mol. The molecule has 1 aliphatic rings. The summed E-state index contributed by atoms with van der Waals surface area (Å²) in [7, 11) is 0. The van der Waals surface area contributed by atoms with Crippen LogP contribution in [0, 0.1) is 0 Å². The van der Waals surface area contributed by atoms with Crippen LogP contribution in [0.5, 0.6) is 0 Å². The van der Waals surface area contributed by atoms with Crippen LogP contribution in [0.25, 0.3) is 0 Å². The number of aromatic nitrogens is 1. The van der Waals surface area contributed by atoms with Gasteiger partial charge in [-0.3, -0.25) is 10.0 Å². The lowest BCUT2D eigenvalue weighted by atomic mass is 10.2. The second-order valence-electron chi connectivity index (χ2n) is 3.64. The van der Waals surface area contributed by atoms with Gasteiger partial charge in [0.25, 0.3) is 5.88 Å². The Labute approximate surface area is 92.7 Å². The van der Waals surface area contributed by atoms with Crippen LogP contribution in [0.4, 0.5) is 5.88 Å². The summed E-state index contributed by atoms with van der Waals surface area (Å²) in [6.45, 7) is 2.37. The van der Waals surface area contributed by atoms with E-state index in [9.17, 15) is 10.0 Å². The molecule has 1 N–H and O–H groups in total. The van der Waals surface area contributed by atoms with E-state index in [1.165, 1.54) is 6.07 Å². The van der Waals surface area contributed by atoms with Crippen LogP contribution in [-0.4, -0.2) is 29.0 Å². The van der Waals surface area contributed by atoms with Gasteiger partial charge in [-0.2, -0.15) is 5.06 Å². The highest BCUT2D eigenvalue weighted by molar-refractivity contribution is 5.94. The quantitative estimate of drug-likeness (QED) is 0.620. The number of carbonyl (C=O) groups is 1. The Morgan fingerprint density at radius 2 is 2.56 bits per heavy atom. The molecule has 0 amide bonds. The first-order valence-corrected chi connectivity index (χ1v) is 5.32. The maximum Gasteiger partial charge on any atom is 0.253 e. The zero-order chi connectivity index (χ0) is 11.5. The van der Waals surface area contributed by atoms with Crippen molar-refractivity contribution in [3.05, 3.63) is 11.8 Å². The van der Waals surface area contributed by atoms with Gasteiger partial charge in [0.05, 0.1) is 0 Å². The number of rotatable bonds is 4. The van der Waals surface area contributed by atoms with Gasteiger partial charge in [-0.25, -0.2) is 0 Å². The normalized spacial score (nSPS) is 20.0. The molecule has 16 heavy (non-hydrogen) atoms. The highest BCUT2D eigenvalue weighted by Gasteiger charge is 2.26.